The van der Waals surface area contributed by atoms with E-state index in [0.29, 0.717) is 6.54 Å². The van der Waals surface area contributed by atoms with Gasteiger partial charge in [0.1, 0.15) is 12.7 Å². The van der Waals surface area contributed by atoms with E-state index >= 15 is 0 Å². The minimum Gasteiger partial charge on any atom is -0.332 e. The summed E-state index contributed by atoms with van der Waals surface area (Å²) in [7, 11) is 0. The molecule has 1 unspecified atom stereocenters. The SMILES string of the molecule is CC1CCCCN1C(=O)C(=O)Nn1cnnc1. The number of carbonyl (C=O) groups excluding carboxylic acids is 2. The molecule has 0 bridgehead atoms. The first-order valence-corrected chi connectivity index (χ1v) is 5.65. The number of amides is 2. The van der Waals surface area contributed by atoms with Crippen molar-refractivity contribution in [2.24, 2.45) is 0 Å². The molecule has 0 aliphatic carbocycles. The van der Waals surface area contributed by atoms with Crippen LogP contribution >= 0.6 is 0 Å². The summed E-state index contributed by atoms with van der Waals surface area (Å²) < 4.78 is 1.26. The number of rotatable bonds is 1. The van der Waals surface area contributed by atoms with Crippen molar-refractivity contribution in [3.63, 3.8) is 0 Å². The summed E-state index contributed by atoms with van der Waals surface area (Å²) >= 11 is 0. The normalized spacial score (nSPS) is 20.1. The number of hydrogen-bond acceptors (Lipinski definition) is 4. The van der Waals surface area contributed by atoms with Crippen molar-refractivity contribution in [1.82, 2.24) is 19.8 Å². The van der Waals surface area contributed by atoms with Crippen molar-refractivity contribution >= 4 is 11.8 Å². The Morgan fingerprint density at radius 2 is 2.00 bits per heavy atom. The smallest absolute Gasteiger partial charge is 0.328 e. The molecule has 1 aliphatic rings. The summed E-state index contributed by atoms with van der Waals surface area (Å²) in [6.45, 7) is 2.61. The van der Waals surface area contributed by atoms with E-state index in [4.69, 9.17) is 0 Å². The minimum absolute atomic E-state index is 0.128. The van der Waals surface area contributed by atoms with Gasteiger partial charge in [0.15, 0.2) is 0 Å². The third-order valence-corrected chi connectivity index (χ3v) is 2.91. The van der Waals surface area contributed by atoms with Gasteiger partial charge in [-0.05, 0) is 26.2 Å². The zero-order chi connectivity index (χ0) is 12.3. The molecule has 1 aliphatic heterocycles. The second kappa shape index (κ2) is 4.94. The average Bonchev–Trinajstić information content (AvgIpc) is 2.81. The number of nitrogens with zero attached hydrogens (tertiary/aromatic N) is 4. The molecule has 0 aromatic carbocycles. The van der Waals surface area contributed by atoms with Gasteiger partial charge in [-0.1, -0.05) is 0 Å². The Balaban J connectivity index is 1.96. The maximum Gasteiger partial charge on any atom is 0.328 e. The van der Waals surface area contributed by atoms with Crippen molar-refractivity contribution < 1.29 is 9.59 Å². The van der Waals surface area contributed by atoms with Crippen LogP contribution in [-0.2, 0) is 9.59 Å². The van der Waals surface area contributed by atoms with Gasteiger partial charge in [-0.15, -0.1) is 10.2 Å². The van der Waals surface area contributed by atoms with E-state index in [2.05, 4.69) is 15.6 Å². The van der Waals surface area contributed by atoms with Crippen LogP contribution in [0.2, 0.25) is 0 Å². The molecule has 1 aromatic rings. The highest BCUT2D eigenvalue weighted by Gasteiger charge is 2.28. The molecular weight excluding hydrogens is 222 g/mol. The largest absolute Gasteiger partial charge is 0.332 e. The molecule has 1 fully saturated rings. The molecule has 92 valence electrons. The maximum absolute atomic E-state index is 11.9. The lowest BCUT2D eigenvalue weighted by atomic mass is 10.0. The zero-order valence-electron chi connectivity index (χ0n) is 9.67. The van der Waals surface area contributed by atoms with Gasteiger partial charge in [-0.2, -0.15) is 0 Å². The lowest BCUT2D eigenvalue weighted by Gasteiger charge is -2.32. The van der Waals surface area contributed by atoms with E-state index in [1.165, 1.54) is 17.3 Å². The lowest BCUT2D eigenvalue weighted by Crippen LogP contribution is -2.48. The van der Waals surface area contributed by atoms with Gasteiger partial charge in [0.05, 0.1) is 0 Å². The summed E-state index contributed by atoms with van der Waals surface area (Å²) in [5, 5.41) is 7.07. The second-order valence-corrected chi connectivity index (χ2v) is 4.15. The van der Waals surface area contributed by atoms with Gasteiger partial charge in [-0.25, -0.2) is 4.68 Å². The van der Waals surface area contributed by atoms with Gasteiger partial charge >= 0.3 is 11.8 Å². The van der Waals surface area contributed by atoms with Crippen LogP contribution in [0.4, 0.5) is 0 Å². The molecule has 0 radical (unpaired) electrons. The molecule has 1 saturated heterocycles. The van der Waals surface area contributed by atoms with Gasteiger partial charge < -0.3 is 4.90 Å². The standard InChI is InChI=1S/C10H15N5O2/c1-8-4-2-3-5-15(8)10(17)9(16)13-14-6-11-12-7-14/h6-8H,2-5H2,1H3,(H,13,16). The van der Waals surface area contributed by atoms with Crippen LogP contribution in [0.5, 0.6) is 0 Å². The fourth-order valence-electron chi connectivity index (χ4n) is 1.95. The molecule has 1 N–H and O–H groups in total. The predicted molar refractivity (Wildman–Crippen MR) is 59.4 cm³/mol. The van der Waals surface area contributed by atoms with E-state index in [0.717, 1.165) is 19.3 Å². The van der Waals surface area contributed by atoms with E-state index in [-0.39, 0.29) is 6.04 Å². The first kappa shape index (κ1) is 11.6. The summed E-state index contributed by atoms with van der Waals surface area (Å²) in [6.07, 6.45) is 5.66. The highest BCUT2D eigenvalue weighted by Crippen LogP contribution is 2.16. The summed E-state index contributed by atoms with van der Waals surface area (Å²) in [6, 6.07) is 0.128. The lowest BCUT2D eigenvalue weighted by molar-refractivity contribution is -0.145. The topological polar surface area (TPSA) is 80.1 Å². The molecule has 2 amide bonds. The van der Waals surface area contributed by atoms with Crippen molar-refractivity contribution in [3.05, 3.63) is 12.7 Å². The third kappa shape index (κ3) is 2.61. The Hall–Kier alpha value is -1.92. The minimum atomic E-state index is -0.654. The fraction of sp³-hybridized carbons (Fsp3) is 0.600. The zero-order valence-corrected chi connectivity index (χ0v) is 9.67. The van der Waals surface area contributed by atoms with Gasteiger partial charge in [0.25, 0.3) is 0 Å². The Morgan fingerprint density at radius 1 is 1.29 bits per heavy atom. The van der Waals surface area contributed by atoms with Crippen LogP contribution in [0.3, 0.4) is 0 Å². The van der Waals surface area contributed by atoms with Crippen LogP contribution in [0.25, 0.3) is 0 Å². The highest BCUT2D eigenvalue weighted by atomic mass is 16.2. The van der Waals surface area contributed by atoms with E-state index in [1.807, 2.05) is 6.92 Å². The van der Waals surface area contributed by atoms with Crippen molar-refractivity contribution in [1.29, 1.82) is 0 Å². The molecule has 2 rings (SSSR count). The van der Waals surface area contributed by atoms with Crippen LogP contribution in [0.15, 0.2) is 12.7 Å². The van der Waals surface area contributed by atoms with Gasteiger partial charge in [0, 0.05) is 12.6 Å². The van der Waals surface area contributed by atoms with Crippen molar-refractivity contribution in [3.8, 4) is 0 Å². The van der Waals surface area contributed by atoms with Gasteiger partial charge in [0.2, 0.25) is 0 Å². The van der Waals surface area contributed by atoms with E-state index in [9.17, 15) is 9.59 Å². The number of nitrogens with one attached hydrogen (secondary N) is 1. The number of aromatic nitrogens is 3. The Bertz CT molecular complexity index is 403. The molecule has 0 saturated carbocycles. The molecule has 2 heterocycles. The van der Waals surface area contributed by atoms with Crippen molar-refractivity contribution in [2.75, 3.05) is 12.0 Å². The molecule has 7 heteroatoms. The summed E-state index contributed by atoms with van der Waals surface area (Å²) in [5.41, 5.74) is 2.40. The molecular formula is C10H15N5O2. The molecule has 17 heavy (non-hydrogen) atoms. The Morgan fingerprint density at radius 3 is 2.65 bits per heavy atom. The molecule has 7 nitrogen and oxygen atoms in total. The first-order valence-electron chi connectivity index (χ1n) is 5.65. The quantitative estimate of drug-likeness (QED) is 0.683. The summed E-state index contributed by atoms with van der Waals surface area (Å²) in [5.74, 6) is -1.15. The fourth-order valence-corrected chi connectivity index (χ4v) is 1.95. The van der Waals surface area contributed by atoms with Crippen LogP contribution in [0, 0.1) is 0 Å². The van der Waals surface area contributed by atoms with Crippen molar-refractivity contribution in [2.45, 2.75) is 32.2 Å². The second-order valence-electron chi connectivity index (χ2n) is 4.15. The monoisotopic (exact) mass is 237 g/mol. The highest BCUT2D eigenvalue weighted by molar-refractivity contribution is 6.38. The average molecular weight is 237 g/mol. The third-order valence-electron chi connectivity index (χ3n) is 2.91. The van der Waals surface area contributed by atoms with Gasteiger partial charge in [-0.3, -0.25) is 15.0 Å². The van der Waals surface area contributed by atoms with Crippen LogP contribution in [0.1, 0.15) is 26.2 Å². The number of hydrogen-bond donors (Lipinski definition) is 1. The molecule has 1 aromatic heterocycles. The maximum atomic E-state index is 11.9. The Kier molecular flexibility index (Phi) is 3.36. The Labute approximate surface area is 98.8 Å². The summed E-state index contributed by atoms with van der Waals surface area (Å²) in [4.78, 5) is 25.2. The number of piperidine rings is 1. The molecule has 0 spiro atoms. The van der Waals surface area contributed by atoms with E-state index < -0.39 is 11.8 Å². The van der Waals surface area contributed by atoms with Crippen LogP contribution < -0.4 is 5.43 Å². The van der Waals surface area contributed by atoms with Crippen LogP contribution in [-0.4, -0.2) is 44.2 Å². The number of likely N-dealkylation sites (tertiary alicyclic amines) is 1. The van der Waals surface area contributed by atoms with E-state index in [1.54, 1.807) is 4.90 Å². The molecule has 1 atom stereocenters. The predicted octanol–water partition coefficient (Wildman–Crippen LogP) is -0.251. The number of carbonyl (C=O) groups is 2. The first-order chi connectivity index (χ1) is 8.18.